The van der Waals surface area contributed by atoms with Crippen LogP contribution in [-0.4, -0.2) is 125 Å². The summed E-state index contributed by atoms with van der Waals surface area (Å²) >= 11 is 0. The first-order valence-corrected chi connectivity index (χ1v) is 13.9. The van der Waals surface area contributed by atoms with Gasteiger partial charge in [-0.05, 0) is 30.5 Å². The molecule has 0 atom stereocenters. The van der Waals surface area contributed by atoms with Gasteiger partial charge in [-0.3, -0.25) is 0 Å². The summed E-state index contributed by atoms with van der Waals surface area (Å²) in [6.45, 7) is 12.6. The summed E-state index contributed by atoms with van der Waals surface area (Å²) in [4.78, 5) is 0. The van der Waals surface area contributed by atoms with E-state index in [-0.39, 0.29) is 0 Å². The number of benzene rings is 1. The molecule has 0 heterocycles. The van der Waals surface area contributed by atoms with E-state index in [9.17, 15) is 5.11 Å². The van der Waals surface area contributed by atoms with Crippen molar-refractivity contribution < 1.29 is 52.5 Å². The van der Waals surface area contributed by atoms with E-state index < -0.39 is 5.60 Å². The molecule has 0 fully saturated rings. The Hall–Kier alpha value is -1.22. The van der Waals surface area contributed by atoms with Crippen molar-refractivity contribution in [2.45, 2.75) is 32.7 Å². The lowest BCUT2D eigenvalue weighted by atomic mass is 9.94. The topological polar surface area (TPSA) is 113 Å². The zero-order valence-corrected chi connectivity index (χ0v) is 25.0. The highest BCUT2D eigenvalue weighted by molar-refractivity contribution is 5.34. The molecular formula is C29H52O11. The van der Waals surface area contributed by atoms with Crippen molar-refractivity contribution in [1.29, 1.82) is 0 Å². The first-order chi connectivity index (χ1) is 19.5. The largest absolute Gasteiger partial charge is 0.386 e. The molecule has 234 valence electrons. The van der Waals surface area contributed by atoms with Gasteiger partial charge in [-0.2, -0.15) is 0 Å². The second-order valence-corrected chi connectivity index (χ2v) is 9.31. The van der Waals surface area contributed by atoms with Crippen LogP contribution in [0.2, 0.25) is 0 Å². The van der Waals surface area contributed by atoms with Crippen molar-refractivity contribution in [2.75, 3.05) is 120 Å². The fourth-order valence-electron chi connectivity index (χ4n) is 3.25. The van der Waals surface area contributed by atoms with Crippen molar-refractivity contribution in [2.24, 2.45) is 0 Å². The van der Waals surface area contributed by atoms with Gasteiger partial charge in [0.1, 0.15) is 0 Å². The molecule has 0 bridgehead atoms. The van der Waals surface area contributed by atoms with Crippen molar-refractivity contribution >= 4 is 0 Å². The maximum Gasteiger partial charge on any atom is 0.0840 e. The van der Waals surface area contributed by atoms with Crippen LogP contribution in [0.25, 0.3) is 0 Å². The average molecular weight is 577 g/mol. The summed E-state index contributed by atoms with van der Waals surface area (Å²) in [6, 6.07) is 5.86. The lowest BCUT2D eigenvalue weighted by molar-refractivity contribution is -0.0111. The molecule has 11 heteroatoms. The molecule has 11 nitrogen and oxygen atoms in total. The molecule has 0 spiro atoms. The molecule has 1 rings (SSSR count). The zero-order valence-electron chi connectivity index (χ0n) is 25.0. The molecule has 0 saturated carbocycles. The van der Waals surface area contributed by atoms with Crippen LogP contribution in [0, 0.1) is 0 Å². The van der Waals surface area contributed by atoms with E-state index >= 15 is 0 Å². The highest BCUT2D eigenvalue weighted by Crippen LogP contribution is 2.23. The summed E-state index contributed by atoms with van der Waals surface area (Å²) < 4.78 is 54.2. The Bertz CT molecular complexity index is 697. The van der Waals surface area contributed by atoms with Gasteiger partial charge in [-0.25, -0.2) is 0 Å². The Morgan fingerprint density at radius 3 is 1.15 bits per heavy atom. The fraction of sp³-hybridized carbons (Fsp3) is 0.793. The van der Waals surface area contributed by atoms with E-state index in [2.05, 4.69) is 0 Å². The van der Waals surface area contributed by atoms with Crippen LogP contribution in [0.1, 0.15) is 30.5 Å². The Kier molecular flexibility index (Phi) is 23.5. The summed E-state index contributed by atoms with van der Waals surface area (Å²) in [6.07, 6.45) is 0. The highest BCUT2D eigenvalue weighted by Gasteiger charge is 2.17. The van der Waals surface area contributed by atoms with Crippen LogP contribution in [0.5, 0.6) is 0 Å². The predicted octanol–water partition coefficient (Wildman–Crippen LogP) is 2.34. The minimum Gasteiger partial charge on any atom is -0.386 e. The molecule has 0 unspecified atom stereocenters. The molecular weight excluding hydrogens is 524 g/mol. The molecule has 0 saturated heterocycles. The number of ether oxygens (including phenoxy) is 10. The molecule has 40 heavy (non-hydrogen) atoms. The lowest BCUT2D eigenvalue weighted by Crippen LogP contribution is -2.17. The average Bonchev–Trinajstić information content (AvgIpc) is 2.93. The summed E-state index contributed by atoms with van der Waals surface area (Å²) in [5.74, 6) is 0. The van der Waals surface area contributed by atoms with Crippen LogP contribution in [0.15, 0.2) is 18.2 Å². The van der Waals surface area contributed by atoms with E-state index in [1.165, 1.54) is 0 Å². The van der Waals surface area contributed by atoms with Crippen molar-refractivity contribution in [3.05, 3.63) is 34.9 Å². The van der Waals surface area contributed by atoms with Crippen molar-refractivity contribution in [3.8, 4) is 0 Å². The monoisotopic (exact) mass is 576 g/mol. The Morgan fingerprint density at radius 2 is 0.800 bits per heavy atom. The van der Waals surface area contributed by atoms with Crippen molar-refractivity contribution in [1.82, 2.24) is 0 Å². The quantitative estimate of drug-likeness (QED) is 0.142. The number of hydrogen-bond acceptors (Lipinski definition) is 11. The van der Waals surface area contributed by atoms with Crippen LogP contribution >= 0.6 is 0 Å². The number of hydrogen-bond donors (Lipinski definition) is 1. The summed E-state index contributed by atoms with van der Waals surface area (Å²) in [5.41, 5.74) is 1.85. The number of aliphatic hydroxyl groups is 1. The lowest BCUT2D eigenvalue weighted by Gasteiger charge is -2.20. The highest BCUT2D eigenvalue weighted by atomic mass is 16.6. The van der Waals surface area contributed by atoms with E-state index in [1.807, 2.05) is 18.2 Å². The third-order valence-corrected chi connectivity index (χ3v) is 5.52. The van der Waals surface area contributed by atoms with Gasteiger partial charge in [0.25, 0.3) is 0 Å². The minimum atomic E-state index is -0.946. The minimum absolute atomic E-state index is 0.393. The molecule has 0 amide bonds. The normalized spacial score (nSPS) is 11.9. The third kappa shape index (κ3) is 20.6. The Morgan fingerprint density at radius 1 is 0.475 bits per heavy atom. The van der Waals surface area contributed by atoms with Gasteiger partial charge in [0, 0.05) is 14.2 Å². The van der Waals surface area contributed by atoms with Crippen LogP contribution in [0.3, 0.4) is 0 Å². The molecule has 0 aliphatic rings. The molecule has 1 N–H and O–H groups in total. The standard InChI is InChI=1S/C29H52O11/c1-29(2,30)28-6-5-26(24-39-21-19-37-17-15-35-13-11-33-9-7-31-3)27(23-28)25-40-22-20-38-18-16-36-14-12-34-10-8-32-4/h5-6,23,30H,7-22,24-25H2,1-4H3. The van der Waals surface area contributed by atoms with Gasteiger partial charge in [0.2, 0.25) is 0 Å². The van der Waals surface area contributed by atoms with Gasteiger partial charge >= 0.3 is 0 Å². The SMILES string of the molecule is COCCOCCOCCOCCOCc1ccc(C(C)(C)O)cc1COCCOCCOCCOCCOC. The van der Waals surface area contributed by atoms with Gasteiger partial charge in [-0.1, -0.05) is 18.2 Å². The second-order valence-electron chi connectivity index (χ2n) is 9.31. The second kappa shape index (κ2) is 25.5. The maximum atomic E-state index is 10.4. The van der Waals surface area contributed by atoms with E-state index in [0.29, 0.717) is 119 Å². The zero-order chi connectivity index (χ0) is 29.2. The fourth-order valence-corrected chi connectivity index (χ4v) is 3.25. The van der Waals surface area contributed by atoms with Gasteiger partial charge in [0.15, 0.2) is 0 Å². The first-order valence-electron chi connectivity index (χ1n) is 13.9. The summed E-state index contributed by atoms with van der Waals surface area (Å²) in [5, 5.41) is 10.4. The molecule has 0 aliphatic carbocycles. The Balaban J connectivity index is 2.20. The first kappa shape index (κ1) is 36.8. The molecule has 1 aromatic rings. The summed E-state index contributed by atoms with van der Waals surface area (Å²) in [7, 11) is 3.29. The van der Waals surface area contributed by atoms with Gasteiger partial charge < -0.3 is 52.5 Å². The molecule has 1 aromatic carbocycles. The third-order valence-electron chi connectivity index (χ3n) is 5.52. The molecule has 0 aliphatic heterocycles. The predicted molar refractivity (Wildman–Crippen MR) is 150 cm³/mol. The maximum absolute atomic E-state index is 10.4. The van der Waals surface area contributed by atoms with Gasteiger partial charge in [-0.15, -0.1) is 0 Å². The number of rotatable bonds is 29. The van der Waals surface area contributed by atoms with Gasteiger partial charge in [0.05, 0.1) is 125 Å². The van der Waals surface area contributed by atoms with Crippen molar-refractivity contribution in [3.63, 3.8) is 0 Å². The Labute approximate surface area is 240 Å². The smallest absolute Gasteiger partial charge is 0.0840 e. The van der Waals surface area contributed by atoms with E-state index in [4.69, 9.17) is 47.4 Å². The molecule has 0 radical (unpaired) electrons. The van der Waals surface area contributed by atoms with Crippen LogP contribution < -0.4 is 0 Å². The number of methoxy groups -OCH3 is 2. The van der Waals surface area contributed by atoms with E-state index in [1.54, 1.807) is 28.1 Å². The van der Waals surface area contributed by atoms with Crippen LogP contribution in [0.4, 0.5) is 0 Å². The van der Waals surface area contributed by atoms with E-state index in [0.717, 1.165) is 16.7 Å². The van der Waals surface area contributed by atoms with Crippen LogP contribution in [-0.2, 0) is 66.2 Å². The molecule has 0 aromatic heterocycles.